The van der Waals surface area contributed by atoms with Crippen LogP contribution in [0.1, 0.15) is 30.5 Å². The summed E-state index contributed by atoms with van der Waals surface area (Å²) in [6.07, 6.45) is -3.37. The van der Waals surface area contributed by atoms with Gasteiger partial charge in [-0.2, -0.15) is 0 Å². The number of nitrogens with zero attached hydrogens (tertiary/aromatic N) is 1. The van der Waals surface area contributed by atoms with Crippen molar-refractivity contribution in [3.63, 3.8) is 0 Å². The fourth-order valence-electron chi connectivity index (χ4n) is 3.43. The zero-order chi connectivity index (χ0) is 24.7. The summed E-state index contributed by atoms with van der Waals surface area (Å²) in [6.45, 7) is 2.56. The van der Waals surface area contributed by atoms with E-state index in [1.807, 2.05) is 24.3 Å². The van der Waals surface area contributed by atoms with Crippen LogP contribution in [-0.4, -0.2) is 47.4 Å². The molecular weight excluding hydrogens is 443 g/mol. The fraction of sp³-hybridized carbons (Fsp3) is 0.280. The molecule has 2 atom stereocenters. The highest BCUT2D eigenvalue weighted by atomic mass is 19.1. The summed E-state index contributed by atoms with van der Waals surface area (Å²) >= 11 is 0. The summed E-state index contributed by atoms with van der Waals surface area (Å²) in [7, 11) is 0. The second-order valence-corrected chi connectivity index (χ2v) is 7.55. The molecule has 2 aromatic carbocycles. The van der Waals surface area contributed by atoms with E-state index in [1.165, 1.54) is 29.2 Å². The maximum atomic E-state index is 13.2. The van der Waals surface area contributed by atoms with Gasteiger partial charge in [-0.3, -0.25) is 19.2 Å². The van der Waals surface area contributed by atoms with Gasteiger partial charge in [0, 0.05) is 32.5 Å². The number of rotatable bonds is 6. The maximum absolute atomic E-state index is 13.2. The highest BCUT2D eigenvalue weighted by molar-refractivity contribution is 5.94. The molecule has 9 heteroatoms. The first kappa shape index (κ1) is 24.5. The van der Waals surface area contributed by atoms with E-state index >= 15 is 0 Å². The molecule has 1 aliphatic heterocycles. The van der Waals surface area contributed by atoms with Crippen LogP contribution in [0.3, 0.4) is 0 Å². The monoisotopic (exact) mass is 466 g/mol. The van der Waals surface area contributed by atoms with Crippen LogP contribution in [-0.2, 0) is 41.7 Å². The van der Waals surface area contributed by atoms with Crippen LogP contribution in [0.2, 0.25) is 0 Å². The van der Waals surface area contributed by atoms with E-state index in [0.29, 0.717) is 5.56 Å². The quantitative estimate of drug-likeness (QED) is 0.514. The summed E-state index contributed by atoms with van der Waals surface area (Å²) in [5, 5.41) is 2.46. The van der Waals surface area contributed by atoms with Gasteiger partial charge < -0.3 is 19.7 Å². The number of benzene rings is 2. The van der Waals surface area contributed by atoms with Crippen molar-refractivity contribution in [2.24, 2.45) is 0 Å². The van der Waals surface area contributed by atoms with Gasteiger partial charge in [0.25, 0.3) is 11.8 Å². The Kier molecular flexibility index (Phi) is 7.98. The van der Waals surface area contributed by atoms with Gasteiger partial charge in [0.15, 0.2) is 0 Å². The zero-order valence-corrected chi connectivity index (χ0v) is 18.7. The maximum Gasteiger partial charge on any atom is 0.303 e. The van der Waals surface area contributed by atoms with E-state index in [9.17, 15) is 23.6 Å². The summed E-state index contributed by atoms with van der Waals surface area (Å²) in [4.78, 5) is 50.9. The number of hydrogen-bond acceptors (Lipinski definition) is 6. The lowest BCUT2D eigenvalue weighted by Crippen LogP contribution is -2.53. The van der Waals surface area contributed by atoms with Gasteiger partial charge >= 0.3 is 11.9 Å². The van der Waals surface area contributed by atoms with Crippen molar-refractivity contribution in [3.8, 4) is 11.8 Å². The Labute approximate surface area is 196 Å². The van der Waals surface area contributed by atoms with Gasteiger partial charge in [-0.15, -0.1) is 0 Å². The molecule has 1 aliphatic rings. The van der Waals surface area contributed by atoms with E-state index in [-0.39, 0.29) is 19.6 Å². The minimum Gasteiger partial charge on any atom is -0.448 e. The lowest BCUT2D eigenvalue weighted by atomic mass is 10.1. The second-order valence-electron chi connectivity index (χ2n) is 7.55. The largest absolute Gasteiger partial charge is 0.448 e. The molecule has 0 radical (unpaired) electrons. The molecule has 0 saturated heterocycles. The highest BCUT2D eigenvalue weighted by Crippen LogP contribution is 2.24. The van der Waals surface area contributed by atoms with Crippen LogP contribution in [0.15, 0.2) is 48.5 Å². The smallest absolute Gasteiger partial charge is 0.303 e. The van der Waals surface area contributed by atoms with Crippen LogP contribution in [0, 0.1) is 17.7 Å². The molecule has 8 nitrogen and oxygen atoms in total. The SMILES string of the molecule is CC(=O)O[C@@H](C(=O)NCC#Cc1ccc(F)cc1)[C@@H](OC(C)=O)C(=O)N1Cc2ccccc2C1. The summed E-state index contributed by atoms with van der Waals surface area (Å²) < 4.78 is 23.2. The van der Waals surface area contributed by atoms with Gasteiger partial charge in [0.1, 0.15) is 5.82 Å². The van der Waals surface area contributed by atoms with Gasteiger partial charge in [-0.1, -0.05) is 36.1 Å². The van der Waals surface area contributed by atoms with Gasteiger partial charge in [0.05, 0.1) is 6.54 Å². The number of fused-ring (bicyclic) bond motifs is 1. The van der Waals surface area contributed by atoms with Crippen LogP contribution in [0.5, 0.6) is 0 Å². The molecular formula is C25H23FN2O6. The molecule has 2 amide bonds. The van der Waals surface area contributed by atoms with Crippen LogP contribution in [0.25, 0.3) is 0 Å². The van der Waals surface area contributed by atoms with Crippen molar-refractivity contribution in [2.45, 2.75) is 39.1 Å². The highest BCUT2D eigenvalue weighted by Gasteiger charge is 2.42. The lowest BCUT2D eigenvalue weighted by molar-refractivity contribution is -0.178. The molecule has 3 rings (SSSR count). The Morgan fingerprint density at radius 1 is 0.941 bits per heavy atom. The van der Waals surface area contributed by atoms with E-state index in [0.717, 1.165) is 25.0 Å². The van der Waals surface area contributed by atoms with Crippen molar-refractivity contribution in [1.82, 2.24) is 10.2 Å². The number of esters is 2. The van der Waals surface area contributed by atoms with E-state index < -0.39 is 41.8 Å². The molecule has 1 heterocycles. The molecule has 34 heavy (non-hydrogen) atoms. The first-order chi connectivity index (χ1) is 16.2. The van der Waals surface area contributed by atoms with Gasteiger partial charge in [-0.25, -0.2) is 4.39 Å². The van der Waals surface area contributed by atoms with E-state index in [1.54, 1.807) is 0 Å². The van der Waals surface area contributed by atoms with Crippen molar-refractivity contribution in [1.29, 1.82) is 0 Å². The molecule has 0 spiro atoms. The molecule has 176 valence electrons. The molecule has 1 N–H and O–H groups in total. The Morgan fingerprint density at radius 3 is 2.06 bits per heavy atom. The Morgan fingerprint density at radius 2 is 1.50 bits per heavy atom. The number of ether oxygens (including phenoxy) is 2. The minimum atomic E-state index is -1.70. The Balaban J connectivity index is 1.74. The van der Waals surface area contributed by atoms with Crippen molar-refractivity contribution in [3.05, 3.63) is 71.0 Å². The molecule has 0 fully saturated rings. The lowest BCUT2D eigenvalue weighted by Gasteiger charge is -2.28. The third-order valence-electron chi connectivity index (χ3n) is 4.94. The summed E-state index contributed by atoms with van der Waals surface area (Å²) in [5.74, 6) is 1.89. The Bertz CT molecular complexity index is 1130. The third kappa shape index (κ3) is 6.42. The zero-order valence-electron chi connectivity index (χ0n) is 18.7. The predicted octanol–water partition coefficient (Wildman–Crippen LogP) is 1.70. The molecule has 2 aromatic rings. The minimum absolute atomic E-state index is 0.149. The van der Waals surface area contributed by atoms with Crippen LogP contribution < -0.4 is 5.32 Å². The summed E-state index contributed by atoms with van der Waals surface area (Å²) in [5.41, 5.74) is 2.40. The standard InChI is InChI=1S/C25H23FN2O6/c1-16(29)33-22(24(31)27-13-5-6-18-9-11-21(26)12-10-18)23(34-17(2)30)25(32)28-14-19-7-3-4-8-20(19)15-28/h3-4,7-12,22-23H,13-15H2,1-2H3,(H,27,31)/t22-,23-/m1/s1. The topological polar surface area (TPSA) is 102 Å². The number of carbonyl (C=O) groups excluding carboxylic acids is 4. The van der Waals surface area contributed by atoms with E-state index in [2.05, 4.69) is 17.2 Å². The fourth-order valence-corrected chi connectivity index (χ4v) is 3.43. The van der Waals surface area contributed by atoms with Crippen molar-refractivity contribution in [2.75, 3.05) is 6.54 Å². The molecule has 0 aliphatic carbocycles. The predicted molar refractivity (Wildman–Crippen MR) is 118 cm³/mol. The third-order valence-corrected chi connectivity index (χ3v) is 4.94. The van der Waals surface area contributed by atoms with Crippen molar-refractivity contribution < 1.29 is 33.0 Å². The average Bonchev–Trinajstić information content (AvgIpc) is 3.23. The second kappa shape index (κ2) is 11.1. The number of halogens is 1. The molecule has 0 saturated carbocycles. The molecule has 0 aromatic heterocycles. The number of nitrogens with one attached hydrogen (secondary N) is 1. The van der Waals surface area contributed by atoms with Gasteiger partial charge in [-0.05, 0) is 35.4 Å². The normalized spacial score (nSPS) is 13.6. The summed E-state index contributed by atoms with van der Waals surface area (Å²) in [6, 6.07) is 12.9. The Hall–Kier alpha value is -4.19. The van der Waals surface area contributed by atoms with Crippen molar-refractivity contribution >= 4 is 23.8 Å². The first-order valence-electron chi connectivity index (χ1n) is 10.5. The number of carbonyl (C=O) groups is 4. The van der Waals surface area contributed by atoms with Crippen LogP contribution >= 0.6 is 0 Å². The number of hydrogen-bond donors (Lipinski definition) is 1. The first-order valence-corrected chi connectivity index (χ1v) is 10.5. The van der Waals surface area contributed by atoms with Gasteiger partial charge in [0.2, 0.25) is 12.2 Å². The molecule has 0 bridgehead atoms. The van der Waals surface area contributed by atoms with E-state index in [4.69, 9.17) is 9.47 Å². The number of amides is 2. The van der Waals surface area contributed by atoms with Crippen LogP contribution in [0.4, 0.5) is 4.39 Å². The molecule has 0 unspecified atom stereocenters. The average molecular weight is 466 g/mol.